The normalized spacial score (nSPS) is 25.3. The van der Waals surface area contributed by atoms with Crippen LogP contribution in [0.2, 0.25) is 0 Å². The Morgan fingerprint density at radius 2 is 2.05 bits per heavy atom. The summed E-state index contributed by atoms with van der Waals surface area (Å²) in [4.78, 5) is 18.3. The highest BCUT2D eigenvalue weighted by Gasteiger charge is 2.32. The predicted molar refractivity (Wildman–Crippen MR) is 82.3 cm³/mol. The Hall–Kier alpha value is -1.78. The van der Waals surface area contributed by atoms with Crippen LogP contribution in [-0.2, 0) is 4.74 Å². The highest BCUT2D eigenvalue weighted by atomic mass is 16.5. The van der Waals surface area contributed by atoms with Gasteiger partial charge in [-0.1, -0.05) is 19.3 Å². The highest BCUT2D eigenvalue weighted by Crippen LogP contribution is 2.38. The van der Waals surface area contributed by atoms with Crippen molar-refractivity contribution < 1.29 is 9.53 Å². The van der Waals surface area contributed by atoms with Crippen LogP contribution in [0.25, 0.3) is 0 Å². The Morgan fingerprint density at radius 3 is 2.81 bits per heavy atom. The average Bonchev–Trinajstić information content (AvgIpc) is 2.54. The van der Waals surface area contributed by atoms with E-state index in [2.05, 4.69) is 9.88 Å². The second-order valence-corrected chi connectivity index (χ2v) is 6.14. The molecule has 2 unspecified atom stereocenters. The minimum absolute atomic E-state index is 0.326. The molecule has 2 fully saturated rings. The maximum atomic E-state index is 11.6. The zero-order valence-electron chi connectivity index (χ0n) is 12.5. The Labute approximate surface area is 125 Å². The van der Waals surface area contributed by atoms with Crippen molar-refractivity contribution >= 4 is 17.5 Å². The summed E-state index contributed by atoms with van der Waals surface area (Å²) in [6, 6.07) is 3.37. The van der Waals surface area contributed by atoms with Crippen LogP contribution in [0.3, 0.4) is 0 Å². The zero-order valence-corrected chi connectivity index (χ0v) is 12.5. The number of nitrogens with two attached hydrogens (primary N) is 1. The Morgan fingerprint density at radius 1 is 1.29 bits per heavy atom. The fraction of sp³-hybridized carbons (Fsp3) is 0.625. The second-order valence-electron chi connectivity index (χ2n) is 6.14. The van der Waals surface area contributed by atoms with Gasteiger partial charge in [0.05, 0.1) is 12.8 Å². The first-order chi connectivity index (χ1) is 10.2. The number of hydrogen-bond donors (Lipinski definition) is 1. The second kappa shape index (κ2) is 5.92. The topological polar surface area (TPSA) is 68.5 Å². The molecule has 0 amide bonds. The number of fused-ring (bicyclic) bond motifs is 1. The molecule has 0 bridgehead atoms. The van der Waals surface area contributed by atoms with Crippen LogP contribution < -0.4 is 10.6 Å². The van der Waals surface area contributed by atoms with Crippen LogP contribution in [0, 0.1) is 11.8 Å². The van der Waals surface area contributed by atoms with Crippen molar-refractivity contribution in [3.8, 4) is 0 Å². The standard InChI is InChI=1S/C16H23N3O2/c1-21-16(20)14-7-6-13(17)15(18-14)19-9-8-11-4-2-3-5-12(11)10-19/h6-7,11-12H,2-5,8-10,17H2,1H3. The number of hydrogen-bond acceptors (Lipinski definition) is 5. The van der Waals surface area contributed by atoms with Gasteiger partial charge in [-0.15, -0.1) is 0 Å². The third-order valence-electron chi connectivity index (χ3n) is 4.89. The summed E-state index contributed by atoms with van der Waals surface area (Å²) in [6.07, 6.45) is 6.58. The molecule has 1 aliphatic heterocycles. The van der Waals surface area contributed by atoms with Gasteiger partial charge in [0.25, 0.3) is 0 Å². The molecule has 1 aliphatic carbocycles. The number of aromatic nitrogens is 1. The van der Waals surface area contributed by atoms with Gasteiger partial charge in [-0.3, -0.25) is 0 Å². The van der Waals surface area contributed by atoms with Gasteiger partial charge < -0.3 is 15.4 Å². The largest absolute Gasteiger partial charge is 0.464 e. The number of carbonyl (C=O) groups excluding carboxylic acids is 1. The summed E-state index contributed by atoms with van der Waals surface area (Å²) >= 11 is 0. The molecule has 1 aromatic rings. The average molecular weight is 289 g/mol. The summed E-state index contributed by atoms with van der Waals surface area (Å²) < 4.78 is 4.74. The lowest BCUT2D eigenvalue weighted by Gasteiger charge is -2.42. The molecule has 5 nitrogen and oxygen atoms in total. The summed E-state index contributed by atoms with van der Waals surface area (Å²) in [7, 11) is 1.37. The molecule has 5 heteroatoms. The number of anilines is 2. The molecule has 2 atom stereocenters. The number of rotatable bonds is 2. The van der Waals surface area contributed by atoms with Gasteiger partial charge in [-0.2, -0.15) is 0 Å². The summed E-state index contributed by atoms with van der Waals surface area (Å²) in [6.45, 7) is 1.98. The minimum Gasteiger partial charge on any atom is -0.464 e. The van der Waals surface area contributed by atoms with Crippen molar-refractivity contribution in [2.24, 2.45) is 11.8 Å². The molecule has 0 spiro atoms. The molecule has 114 valence electrons. The van der Waals surface area contributed by atoms with E-state index in [0.717, 1.165) is 30.7 Å². The van der Waals surface area contributed by atoms with Crippen LogP contribution in [0.4, 0.5) is 11.5 Å². The molecular weight excluding hydrogens is 266 g/mol. The Bertz CT molecular complexity index is 532. The van der Waals surface area contributed by atoms with Gasteiger partial charge in [0.15, 0.2) is 11.5 Å². The van der Waals surface area contributed by atoms with Gasteiger partial charge in [0.2, 0.25) is 0 Å². The van der Waals surface area contributed by atoms with Crippen LogP contribution >= 0.6 is 0 Å². The van der Waals surface area contributed by atoms with E-state index in [-0.39, 0.29) is 0 Å². The fourth-order valence-corrected chi connectivity index (χ4v) is 3.72. The molecule has 2 aliphatic rings. The molecule has 1 aromatic heterocycles. The first-order valence-electron chi connectivity index (χ1n) is 7.79. The number of piperidine rings is 1. The summed E-state index contributed by atoms with van der Waals surface area (Å²) in [5.41, 5.74) is 7.04. The van der Waals surface area contributed by atoms with Crippen molar-refractivity contribution in [3.63, 3.8) is 0 Å². The van der Waals surface area contributed by atoms with Gasteiger partial charge >= 0.3 is 5.97 Å². The van der Waals surface area contributed by atoms with Crippen LogP contribution in [0.15, 0.2) is 12.1 Å². The molecule has 3 rings (SSSR count). The molecule has 1 saturated carbocycles. The van der Waals surface area contributed by atoms with E-state index in [9.17, 15) is 4.79 Å². The molecule has 2 N–H and O–H groups in total. The monoisotopic (exact) mass is 289 g/mol. The number of pyridine rings is 1. The van der Waals surface area contributed by atoms with E-state index in [1.165, 1.54) is 39.2 Å². The molecule has 21 heavy (non-hydrogen) atoms. The van der Waals surface area contributed by atoms with E-state index >= 15 is 0 Å². The first kappa shape index (κ1) is 14.2. The van der Waals surface area contributed by atoms with E-state index in [4.69, 9.17) is 10.5 Å². The lowest BCUT2D eigenvalue weighted by molar-refractivity contribution is 0.0594. The van der Waals surface area contributed by atoms with Crippen molar-refractivity contribution in [1.29, 1.82) is 0 Å². The molecule has 0 aromatic carbocycles. The van der Waals surface area contributed by atoms with Gasteiger partial charge in [-0.25, -0.2) is 9.78 Å². The smallest absolute Gasteiger partial charge is 0.356 e. The number of methoxy groups -OCH3 is 1. The van der Waals surface area contributed by atoms with Crippen LogP contribution in [-0.4, -0.2) is 31.2 Å². The van der Waals surface area contributed by atoms with Crippen molar-refractivity contribution in [2.45, 2.75) is 32.1 Å². The van der Waals surface area contributed by atoms with E-state index < -0.39 is 5.97 Å². The van der Waals surface area contributed by atoms with E-state index in [1.54, 1.807) is 12.1 Å². The van der Waals surface area contributed by atoms with Crippen molar-refractivity contribution in [2.75, 3.05) is 30.8 Å². The highest BCUT2D eigenvalue weighted by molar-refractivity contribution is 5.88. The van der Waals surface area contributed by atoms with Gasteiger partial charge in [0.1, 0.15) is 0 Å². The third-order valence-corrected chi connectivity index (χ3v) is 4.89. The number of nitrogen functional groups attached to an aromatic ring is 1. The zero-order chi connectivity index (χ0) is 14.8. The van der Waals surface area contributed by atoms with Crippen LogP contribution in [0.5, 0.6) is 0 Å². The van der Waals surface area contributed by atoms with Crippen molar-refractivity contribution in [1.82, 2.24) is 4.98 Å². The number of esters is 1. The number of ether oxygens (including phenoxy) is 1. The van der Waals surface area contributed by atoms with Crippen LogP contribution in [0.1, 0.15) is 42.6 Å². The fourth-order valence-electron chi connectivity index (χ4n) is 3.72. The SMILES string of the molecule is COC(=O)c1ccc(N)c(N2CCC3CCCCC3C2)n1. The predicted octanol–water partition coefficient (Wildman–Crippen LogP) is 2.47. The lowest BCUT2D eigenvalue weighted by atomic mass is 9.75. The third kappa shape index (κ3) is 2.82. The van der Waals surface area contributed by atoms with E-state index in [0.29, 0.717) is 11.4 Å². The molecule has 1 saturated heterocycles. The van der Waals surface area contributed by atoms with Gasteiger partial charge in [0, 0.05) is 13.1 Å². The molecule has 0 radical (unpaired) electrons. The molecule has 2 heterocycles. The summed E-state index contributed by atoms with van der Waals surface area (Å²) in [5.74, 6) is 1.93. The maximum Gasteiger partial charge on any atom is 0.356 e. The number of carbonyl (C=O) groups is 1. The van der Waals surface area contributed by atoms with E-state index in [1.807, 2.05) is 0 Å². The first-order valence-corrected chi connectivity index (χ1v) is 7.79. The Balaban J connectivity index is 1.81. The molecular formula is C16H23N3O2. The van der Waals surface area contributed by atoms with Crippen molar-refractivity contribution in [3.05, 3.63) is 17.8 Å². The number of nitrogens with zero attached hydrogens (tertiary/aromatic N) is 2. The quantitative estimate of drug-likeness (QED) is 0.847. The maximum absolute atomic E-state index is 11.6. The van der Waals surface area contributed by atoms with Gasteiger partial charge in [-0.05, 0) is 36.8 Å². The summed E-state index contributed by atoms with van der Waals surface area (Å²) in [5, 5.41) is 0. The minimum atomic E-state index is -0.413. The lowest BCUT2D eigenvalue weighted by Crippen LogP contribution is -2.42. The Kier molecular flexibility index (Phi) is 3.99.